The second kappa shape index (κ2) is 5.10. The zero-order chi connectivity index (χ0) is 12.5. The fourth-order valence-electron chi connectivity index (χ4n) is 2.12. The summed E-state index contributed by atoms with van der Waals surface area (Å²) in [5.74, 6) is 3.40. The van der Waals surface area contributed by atoms with Crippen molar-refractivity contribution in [1.82, 2.24) is 10.2 Å². The third-order valence-electron chi connectivity index (χ3n) is 2.92. The van der Waals surface area contributed by atoms with Crippen LogP contribution in [-0.4, -0.2) is 57.9 Å². The van der Waals surface area contributed by atoms with Gasteiger partial charge in [0.1, 0.15) is 5.54 Å². The van der Waals surface area contributed by atoms with E-state index in [9.17, 15) is 9.59 Å². The Labute approximate surface area is 110 Å². The van der Waals surface area contributed by atoms with E-state index in [1.165, 1.54) is 5.75 Å². The molecule has 2 aliphatic heterocycles. The summed E-state index contributed by atoms with van der Waals surface area (Å²) in [6, 6.07) is 0. The van der Waals surface area contributed by atoms with Gasteiger partial charge in [-0.1, -0.05) is 0 Å². The molecule has 0 bridgehead atoms. The molecule has 2 saturated heterocycles. The minimum Gasteiger partial charge on any atom is -0.341 e. The molecule has 2 amide bonds. The molecule has 1 N–H and O–H groups in total. The molecule has 17 heavy (non-hydrogen) atoms. The van der Waals surface area contributed by atoms with Crippen LogP contribution in [0.4, 0.5) is 0 Å². The molecule has 0 aliphatic carbocycles. The first-order valence-corrected chi connectivity index (χ1v) is 7.99. The van der Waals surface area contributed by atoms with Gasteiger partial charge < -0.3 is 10.2 Å². The van der Waals surface area contributed by atoms with Crippen molar-refractivity contribution in [2.45, 2.75) is 24.6 Å². The number of carbonyl (C=O) groups is 2. The fourth-order valence-corrected chi connectivity index (χ4v) is 4.80. The maximum absolute atomic E-state index is 12.2. The van der Waals surface area contributed by atoms with Crippen molar-refractivity contribution in [3.05, 3.63) is 0 Å². The first kappa shape index (κ1) is 13.1. The molecule has 0 aromatic rings. The van der Waals surface area contributed by atoms with Gasteiger partial charge in [0, 0.05) is 29.1 Å². The molecule has 0 saturated carbocycles. The van der Waals surface area contributed by atoms with Gasteiger partial charge in [-0.15, -0.1) is 0 Å². The maximum atomic E-state index is 12.2. The Morgan fingerprint density at radius 1 is 1.41 bits per heavy atom. The Hall–Kier alpha value is -0.360. The highest BCUT2D eigenvalue weighted by Gasteiger charge is 2.39. The summed E-state index contributed by atoms with van der Waals surface area (Å²) in [7, 11) is 0. The third-order valence-corrected chi connectivity index (χ3v) is 5.74. The minimum atomic E-state index is -0.748. The van der Waals surface area contributed by atoms with E-state index >= 15 is 0 Å². The molecular weight excluding hydrogens is 256 g/mol. The van der Waals surface area contributed by atoms with Crippen molar-refractivity contribution < 1.29 is 9.59 Å². The largest absolute Gasteiger partial charge is 0.341 e. The lowest BCUT2D eigenvalue weighted by atomic mass is 10.0. The van der Waals surface area contributed by atoms with Crippen LogP contribution < -0.4 is 5.32 Å². The monoisotopic (exact) mass is 274 g/mol. The van der Waals surface area contributed by atoms with Gasteiger partial charge in [-0.05, 0) is 13.8 Å². The van der Waals surface area contributed by atoms with E-state index in [0.717, 1.165) is 11.5 Å². The topological polar surface area (TPSA) is 49.4 Å². The predicted molar refractivity (Wildman–Crippen MR) is 72.4 cm³/mol. The SMILES string of the molecule is CC1(C)NC(=O)CN(CC2CSCCS2)C1=O. The average molecular weight is 274 g/mol. The van der Waals surface area contributed by atoms with E-state index in [2.05, 4.69) is 5.32 Å². The molecule has 4 nitrogen and oxygen atoms in total. The van der Waals surface area contributed by atoms with Crippen LogP contribution in [0.2, 0.25) is 0 Å². The van der Waals surface area contributed by atoms with Gasteiger partial charge in [0.2, 0.25) is 11.8 Å². The molecule has 0 spiro atoms. The molecule has 96 valence electrons. The van der Waals surface area contributed by atoms with Crippen LogP contribution in [0.5, 0.6) is 0 Å². The smallest absolute Gasteiger partial charge is 0.248 e. The number of rotatable bonds is 2. The zero-order valence-electron chi connectivity index (χ0n) is 10.2. The van der Waals surface area contributed by atoms with Crippen molar-refractivity contribution in [2.75, 3.05) is 30.3 Å². The number of hydrogen-bond acceptors (Lipinski definition) is 4. The van der Waals surface area contributed by atoms with Gasteiger partial charge in [-0.3, -0.25) is 9.59 Å². The van der Waals surface area contributed by atoms with Crippen molar-refractivity contribution in [3.63, 3.8) is 0 Å². The Balaban J connectivity index is 1.98. The van der Waals surface area contributed by atoms with Gasteiger partial charge >= 0.3 is 0 Å². The van der Waals surface area contributed by atoms with Gasteiger partial charge in [0.05, 0.1) is 6.54 Å². The molecule has 0 aromatic carbocycles. The Kier molecular flexibility index (Phi) is 3.92. The van der Waals surface area contributed by atoms with Crippen LogP contribution in [0.15, 0.2) is 0 Å². The molecular formula is C11H18N2O2S2. The van der Waals surface area contributed by atoms with Crippen molar-refractivity contribution in [1.29, 1.82) is 0 Å². The van der Waals surface area contributed by atoms with Gasteiger partial charge in [-0.2, -0.15) is 23.5 Å². The highest BCUT2D eigenvalue weighted by atomic mass is 32.2. The van der Waals surface area contributed by atoms with Crippen LogP contribution in [0.3, 0.4) is 0 Å². The molecule has 0 aromatic heterocycles. The molecule has 2 fully saturated rings. The van der Waals surface area contributed by atoms with E-state index in [1.54, 1.807) is 18.7 Å². The summed E-state index contributed by atoms with van der Waals surface area (Å²) in [4.78, 5) is 25.4. The molecule has 0 radical (unpaired) electrons. The number of hydrogen-bond donors (Lipinski definition) is 1. The summed E-state index contributed by atoms with van der Waals surface area (Å²) in [5, 5.41) is 3.20. The Bertz CT molecular complexity index is 327. The third kappa shape index (κ3) is 3.10. The summed E-state index contributed by atoms with van der Waals surface area (Å²) in [6.45, 7) is 4.45. The van der Waals surface area contributed by atoms with Crippen molar-refractivity contribution in [3.8, 4) is 0 Å². The molecule has 1 unspecified atom stereocenters. The van der Waals surface area contributed by atoms with Gasteiger partial charge in [0.25, 0.3) is 0 Å². The van der Waals surface area contributed by atoms with E-state index in [0.29, 0.717) is 11.8 Å². The van der Waals surface area contributed by atoms with Gasteiger partial charge in [-0.25, -0.2) is 0 Å². The lowest BCUT2D eigenvalue weighted by molar-refractivity contribution is -0.148. The number of amides is 2. The summed E-state index contributed by atoms with van der Waals surface area (Å²) >= 11 is 3.85. The standard InChI is InChI=1S/C11H18N2O2S2/c1-11(2)10(15)13(6-9(14)12-11)5-8-7-16-3-4-17-8/h8H,3-7H2,1-2H3,(H,12,14). The van der Waals surface area contributed by atoms with Crippen molar-refractivity contribution in [2.24, 2.45) is 0 Å². The van der Waals surface area contributed by atoms with Crippen molar-refractivity contribution >= 4 is 35.3 Å². The Morgan fingerprint density at radius 3 is 2.82 bits per heavy atom. The first-order chi connectivity index (χ1) is 7.99. The second-order valence-electron chi connectivity index (χ2n) is 4.93. The lowest BCUT2D eigenvalue weighted by Gasteiger charge is -2.39. The lowest BCUT2D eigenvalue weighted by Crippen LogP contribution is -2.64. The minimum absolute atomic E-state index is 0.0354. The van der Waals surface area contributed by atoms with Crippen LogP contribution in [0.25, 0.3) is 0 Å². The quantitative estimate of drug-likeness (QED) is 0.800. The van der Waals surface area contributed by atoms with Crippen LogP contribution in [0.1, 0.15) is 13.8 Å². The van der Waals surface area contributed by atoms with Crippen LogP contribution >= 0.6 is 23.5 Å². The highest BCUT2D eigenvalue weighted by molar-refractivity contribution is 8.06. The number of piperazine rings is 1. The van der Waals surface area contributed by atoms with E-state index in [1.807, 2.05) is 23.5 Å². The molecule has 2 rings (SSSR count). The summed E-state index contributed by atoms with van der Waals surface area (Å²) < 4.78 is 0. The summed E-state index contributed by atoms with van der Waals surface area (Å²) in [6.07, 6.45) is 0. The van der Waals surface area contributed by atoms with Crippen LogP contribution in [0, 0.1) is 0 Å². The number of thioether (sulfide) groups is 2. The zero-order valence-corrected chi connectivity index (χ0v) is 11.8. The number of carbonyl (C=O) groups excluding carboxylic acids is 2. The average Bonchev–Trinajstić information content (AvgIpc) is 2.26. The summed E-state index contributed by atoms with van der Waals surface area (Å²) in [5.41, 5.74) is -0.748. The van der Waals surface area contributed by atoms with Gasteiger partial charge in [0.15, 0.2) is 0 Å². The second-order valence-corrected chi connectivity index (χ2v) is 7.48. The molecule has 2 aliphatic rings. The van der Waals surface area contributed by atoms with E-state index in [-0.39, 0.29) is 18.4 Å². The normalized spacial score (nSPS) is 29.1. The molecule has 1 atom stereocenters. The fraction of sp³-hybridized carbons (Fsp3) is 0.818. The number of nitrogens with one attached hydrogen (secondary N) is 1. The molecule has 2 heterocycles. The molecule has 6 heteroatoms. The predicted octanol–water partition coefficient (Wildman–Crippen LogP) is 0.572. The maximum Gasteiger partial charge on any atom is 0.248 e. The van der Waals surface area contributed by atoms with Crippen LogP contribution in [-0.2, 0) is 9.59 Å². The Morgan fingerprint density at radius 2 is 2.18 bits per heavy atom. The number of nitrogens with zero attached hydrogens (tertiary/aromatic N) is 1. The van der Waals surface area contributed by atoms with E-state index in [4.69, 9.17) is 0 Å². The highest BCUT2D eigenvalue weighted by Crippen LogP contribution is 2.26. The first-order valence-electron chi connectivity index (χ1n) is 5.79. The van der Waals surface area contributed by atoms with E-state index < -0.39 is 5.54 Å².